The molecule has 0 aliphatic carbocycles. The second-order valence-corrected chi connectivity index (χ2v) is 5.93. The van der Waals surface area contributed by atoms with E-state index >= 15 is 0 Å². The molecule has 9 heteroatoms. The minimum absolute atomic E-state index is 0.190. The summed E-state index contributed by atoms with van der Waals surface area (Å²) in [4.78, 5) is 10.8. The highest BCUT2D eigenvalue weighted by molar-refractivity contribution is 7.90. The summed E-state index contributed by atoms with van der Waals surface area (Å²) in [7, 11) is -3.89. The van der Waals surface area contributed by atoms with Crippen molar-refractivity contribution in [3.63, 3.8) is 0 Å². The molecule has 0 unspecified atom stereocenters. The molecule has 0 spiro atoms. The first-order valence-electron chi connectivity index (χ1n) is 5.91. The molecule has 110 valence electrons. The van der Waals surface area contributed by atoms with Gasteiger partial charge in [0.2, 0.25) is 0 Å². The fraction of sp³-hybridized carbons (Fsp3) is 0.364. The second-order valence-electron chi connectivity index (χ2n) is 4.26. The van der Waals surface area contributed by atoms with E-state index in [2.05, 4.69) is 10.0 Å². The molecule has 1 saturated heterocycles. The van der Waals surface area contributed by atoms with Crippen LogP contribution in [0.4, 0.5) is 10.1 Å². The fourth-order valence-electron chi connectivity index (χ4n) is 1.82. The molecule has 20 heavy (non-hydrogen) atoms. The summed E-state index contributed by atoms with van der Waals surface area (Å²) >= 11 is 0. The minimum Gasteiger partial charge on any atom is -0.478 e. The zero-order valence-corrected chi connectivity index (χ0v) is 11.3. The van der Waals surface area contributed by atoms with Crippen molar-refractivity contribution < 1.29 is 22.7 Å². The van der Waals surface area contributed by atoms with E-state index in [1.165, 1.54) is 4.31 Å². The van der Waals surface area contributed by atoms with Gasteiger partial charge in [0.25, 0.3) is 0 Å². The standard InChI is InChI=1S/C11H14FN3O4S/c12-9-2-1-8(11(16)17)7-10(9)14-20(18,19)15-5-3-13-4-6-15/h1-2,7,13-14H,3-6H2,(H,16,17). The molecule has 7 nitrogen and oxygen atoms in total. The topological polar surface area (TPSA) is 98.7 Å². The van der Waals surface area contributed by atoms with Crippen LogP contribution in [-0.2, 0) is 10.2 Å². The van der Waals surface area contributed by atoms with E-state index in [1.54, 1.807) is 0 Å². The Hall–Kier alpha value is -1.71. The van der Waals surface area contributed by atoms with E-state index in [4.69, 9.17) is 5.11 Å². The second kappa shape index (κ2) is 5.73. The van der Waals surface area contributed by atoms with Crippen LogP contribution >= 0.6 is 0 Å². The number of carboxylic acid groups (broad SMARTS) is 1. The van der Waals surface area contributed by atoms with Gasteiger partial charge in [0.15, 0.2) is 0 Å². The lowest BCUT2D eigenvalue weighted by Crippen LogP contribution is -2.48. The van der Waals surface area contributed by atoms with Crippen molar-refractivity contribution in [1.29, 1.82) is 0 Å². The van der Waals surface area contributed by atoms with Crippen LogP contribution in [0.2, 0.25) is 0 Å². The maximum atomic E-state index is 13.6. The summed E-state index contributed by atoms with van der Waals surface area (Å²) in [5, 5.41) is 11.8. The number of aromatic carboxylic acids is 1. The Morgan fingerprint density at radius 3 is 2.60 bits per heavy atom. The number of benzene rings is 1. The van der Waals surface area contributed by atoms with E-state index in [1.807, 2.05) is 0 Å². The van der Waals surface area contributed by atoms with E-state index in [0.29, 0.717) is 13.1 Å². The predicted octanol–water partition coefficient (Wildman–Crippen LogP) is 0.0858. The van der Waals surface area contributed by atoms with Gasteiger partial charge in [-0.1, -0.05) is 0 Å². The average molecular weight is 303 g/mol. The fourth-order valence-corrected chi connectivity index (χ4v) is 3.05. The van der Waals surface area contributed by atoms with Crippen LogP contribution in [0.3, 0.4) is 0 Å². The average Bonchev–Trinajstić information content (AvgIpc) is 2.42. The smallest absolute Gasteiger partial charge is 0.335 e. The molecule has 1 aromatic rings. The number of halogens is 1. The van der Waals surface area contributed by atoms with Gasteiger partial charge < -0.3 is 10.4 Å². The van der Waals surface area contributed by atoms with Crippen molar-refractivity contribution in [3.8, 4) is 0 Å². The van der Waals surface area contributed by atoms with Crippen LogP contribution in [0.25, 0.3) is 0 Å². The van der Waals surface area contributed by atoms with Gasteiger partial charge in [-0.15, -0.1) is 0 Å². The van der Waals surface area contributed by atoms with Gasteiger partial charge in [0, 0.05) is 26.2 Å². The van der Waals surface area contributed by atoms with Crippen molar-refractivity contribution in [1.82, 2.24) is 9.62 Å². The number of hydrogen-bond acceptors (Lipinski definition) is 4. The van der Waals surface area contributed by atoms with E-state index < -0.39 is 22.0 Å². The van der Waals surface area contributed by atoms with Crippen molar-refractivity contribution in [2.24, 2.45) is 0 Å². The van der Waals surface area contributed by atoms with Crippen LogP contribution in [0, 0.1) is 5.82 Å². The quantitative estimate of drug-likeness (QED) is 0.732. The zero-order chi connectivity index (χ0) is 14.8. The van der Waals surface area contributed by atoms with E-state index in [0.717, 1.165) is 18.2 Å². The molecular formula is C11H14FN3O4S. The molecule has 1 aromatic carbocycles. The molecule has 0 saturated carbocycles. The highest BCUT2D eigenvalue weighted by Gasteiger charge is 2.24. The highest BCUT2D eigenvalue weighted by Crippen LogP contribution is 2.19. The van der Waals surface area contributed by atoms with Crippen LogP contribution in [0.1, 0.15) is 10.4 Å². The first-order chi connectivity index (χ1) is 9.40. The molecule has 0 atom stereocenters. The van der Waals surface area contributed by atoms with E-state index in [9.17, 15) is 17.6 Å². The number of piperazine rings is 1. The first-order valence-corrected chi connectivity index (χ1v) is 7.35. The van der Waals surface area contributed by atoms with Crippen LogP contribution in [0.5, 0.6) is 0 Å². The monoisotopic (exact) mass is 303 g/mol. The Balaban J connectivity index is 2.24. The van der Waals surface area contributed by atoms with Crippen LogP contribution in [0.15, 0.2) is 18.2 Å². The number of carboxylic acids is 1. The summed E-state index contributed by atoms with van der Waals surface area (Å²) < 4.78 is 41.0. The lowest BCUT2D eigenvalue weighted by molar-refractivity contribution is 0.0697. The molecular weight excluding hydrogens is 289 g/mol. The Morgan fingerprint density at radius 1 is 1.35 bits per heavy atom. The molecule has 0 aromatic heterocycles. The third-order valence-electron chi connectivity index (χ3n) is 2.87. The molecule has 1 heterocycles. The summed E-state index contributed by atoms with van der Waals surface area (Å²) in [5.74, 6) is -2.08. The molecule has 3 N–H and O–H groups in total. The van der Waals surface area contributed by atoms with Gasteiger partial charge in [-0.25, -0.2) is 9.18 Å². The van der Waals surface area contributed by atoms with Gasteiger partial charge in [0.05, 0.1) is 11.3 Å². The summed E-state index contributed by atoms with van der Waals surface area (Å²) in [6, 6.07) is 2.94. The number of hydrogen-bond donors (Lipinski definition) is 3. The maximum absolute atomic E-state index is 13.6. The number of anilines is 1. The Morgan fingerprint density at radius 2 is 2.00 bits per heavy atom. The largest absolute Gasteiger partial charge is 0.478 e. The lowest BCUT2D eigenvalue weighted by Gasteiger charge is -2.27. The summed E-state index contributed by atoms with van der Waals surface area (Å²) in [6.45, 7) is 1.57. The van der Waals surface area contributed by atoms with Crippen LogP contribution < -0.4 is 10.0 Å². The number of rotatable bonds is 4. The van der Waals surface area contributed by atoms with Gasteiger partial charge in [-0.2, -0.15) is 12.7 Å². The summed E-state index contributed by atoms with van der Waals surface area (Å²) in [6.07, 6.45) is 0. The van der Waals surface area contributed by atoms with Gasteiger partial charge in [-0.05, 0) is 18.2 Å². The van der Waals surface area contributed by atoms with Crippen molar-refractivity contribution in [2.45, 2.75) is 0 Å². The highest BCUT2D eigenvalue weighted by atomic mass is 32.2. The Bertz CT molecular complexity index is 614. The van der Waals surface area contributed by atoms with Gasteiger partial charge in [-0.3, -0.25) is 4.72 Å². The molecule has 0 radical (unpaired) electrons. The molecule has 0 bridgehead atoms. The molecule has 0 amide bonds. The third-order valence-corrected chi connectivity index (χ3v) is 4.39. The third kappa shape index (κ3) is 3.24. The van der Waals surface area contributed by atoms with Gasteiger partial charge >= 0.3 is 16.2 Å². The number of nitrogens with zero attached hydrogens (tertiary/aromatic N) is 1. The van der Waals surface area contributed by atoms with Crippen molar-refractivity contribution >= 4 is 21.9 Å². The Labute approximate surface area is 115 Å². The van der Waals surface area contributed by atoms with E-state index in [-0.39, 0.29) is 24.3 Å². The SMILES string of the molecule is O=C(O)c1ccc(F)c(NS(=O)(=O)N2CCNCC2)c1. The maximum Gasteiger partial charge on any atom is 0.335 e. The van der Waals surface area contributed by atoms with Gasteiger partial charge in [0.1, 0.15) is 5.82 Å². The lowest BCUT2D eigenvalue weighted by atomic mass is 10.2. The van der Waals surface area contributed by atoms with Crippen molar-refractivity contribution in [3.05, 3.63) is 29.6 Å². The predicted molar refractivity (Wildman–Crippen MR) is 70.3 cm³/mol. The first kappa shape index (κ1) is 14.7. The van der Waals surface area contributed by atoms with Crippen LogP contribution in [-0.4, -0.2) is 50.0 Å². The molecule has 1 fully saturated rings. The number of carbonyl (C=O) groups is 1. The molecule has 1 aliphatic rings. The molecule has 2 rings (SSSR count). The zero-order valence-electron chi connectivity index (χ0n) is 10.5. The minimum atomic E-state index is -3.89. The van der Waals surface area contributed by atoms with Crippen molar-refractivity contribution in [2.75, 3.05) is 30.9 Å². The Kier molecular flexibility index (Phi) is 4.21. The summed E-state index contributed by atoms with van der Waals surface area (Å²) in [5.41, 5.74) is -0.562. The molecule has 1 aliphatic heterocycles. The number of nitrogens with one attached hydrogen (secondary N) is 2. The normalized spacial score (nSPS) is 16.9.